The molecular formula is C44H90N2O7S. The average Bonchev–Trinajstić information content (AvgIpc) is 3.14. The molecule has 0 rings (SSSR count). The highest BCUT2D eigenvalue weighted by Gasteiger charge is 2.13. The lowest BCUT2D eigenvalue weighted by Gasteiger charge is -2.22. The van der Waals surface area contributed by atoms with E-state index in [9.17, 15) is 23.1 Å². The Kier molecular flexibility index (Phi) is 45.2. The molecule has 0 aliphatic heterocycles. The molecule has 0 aromatic carbocycles. The van der Waals surface area contributed by atoms with Crippen LogP contribution in [0.4, 0.5) is 0 Å². The minimum absolute atomic E-state index is 0.0301. The number of nitrogens with zero attached hydrogens (tertiary/aromatic N) is 1. The second kappa shape index (κ2) is 44.5. The van der Waals surface area contributed by atoms with Crippen LogP contribution in [0.5, 0.6) is 0 Å². The van der Waals surface area contributed by atoms with Crippen LogP contribution in [0.25, 0.3) is 0 Å². The first kappa shape index (κ1) is 54.9. The van der Waals surface area contributed by atoms with Crippen molar-refractivity contribution in [2.24, 2.45) is 0 Å². The monoisotopic (exact) mass is 791 g/mol. The highest BCUT2D eigenvalue weighted by atomic mass is 32.3. The third kappa shape index (κ3) is 43.5. The van der Waals surface area contributed by atoms with Crippen molar-refractivity contribution in [2.75, 3.05) is 39.5 Å². The number of aliphatic hydroxyl groups is 1. The third-order valence-corrected chi connectivity index (χ3v) is 11.0. The van der Waals surface area contributed by atoms with Gasteiger partial charge in [0.25, 0.3) is 0 Å². The predicted molar refractivity (Wildman–Crippen MR) is 228 cm³/mol. The lowest BCUT2D eigenvalue weighted by Crippen LogP contribution is -2.40. The highest BCUT2D eigenvalue weighted by molar-refractivity contribution is 7.81. The van der Waals surface area contributed by atoms with Crippen LogP contribution in [0.1, 0.15) is 233 Å². The first-order valence-corrected chi connectivity index (χ1v) is 24.3. The minimum atomic E-state index is -3.68. The van der Waals surface area contributed by atoms with Gasteiger partial charge in [-0.1, -0.05) is 194 Å². The van der Waals surface area contributed by atoms with Crippen LogP contribution in [0.15, 0.2) is 0 Å². The second-order valence-electron chi connectivity index (χ2n) is 15.1. The van der Waals surface area contributed by atoms with Crippen LogP contribution in [0.3, 0.4) is 0 Å². The molecule has 54 heavy (non-hydrogen) atoms. The summed E-state index contributed by atoms with van der Waals surface area (Å²) in [6, 6.07) is 0. The standard InChI is InChI=1S/C40H80N2O3.C4H10O4S/c1-3-5-7-9-11-13-15-17-19-21-23-25-27-29-31-33-39(44)41-35-36-42(37-38-43)40(45)34-32-30-28-26-24-22-20-18-16-14-12-10-8-6-4-2;1-3-7-9(5,6)8-4-2/h43H,3-38H2,1-2H3,(H,41,44);3-4H2,1-2H3. The largest absolute Gasteiger partial charge is 0.399 e. The van der Waals surface area contributed by atoms with Gasteiger partial charge in [0.2, 0.25) is 11.8 Å². The number of carbonyl (C=O) groups is 2. The van der Waals surface area contributed by atoms with E-state index in [1.165, 1.54) is 167 Å². The van der Waals surface area contributed by atoms with Crippen molar-refractivity contribution < 1.29 is 31.5 Å². The quantitative estimate of drug-likeness (QED) is 0.0591. The third-order valence-electron chi connectivity index (χ3n) is 9.95. The van der Waals surface area contributed by atoms with Crippen molar-refractivity contribution in [2.45, 2.75) is 233 Å². The van der Waals surface area contributed by atoms with Crippen LogP contribution in [0, 0.1) is 0 Å². The Balaban J connectivity index is 0. The average molecular weight is 791 g/mol. The van der Waals surface area contributed by atoms with Crippen molar-refractivity contribution in [3.05, 3.63) is 0 Å². The van der Waals surface area contributed by atoms with Crippen LogP contribution in [-0.2, 0) is 28.4 Å². The van der Waals surface area contributed by atoms with E-state index >= 15 is 0 Å². The molecule has 10 heteroatoms. The molecule has 2 amide bonds. The topological polar surface area (TPSA) is 122 Å². The van der Waals surface area contributed by atoms with Crippen molar-refractivity contribution in [1.82, 2.24) is 10.2 Å². The van der Waals surface area contributed by atoms with Crippen molar-refractivity contribution >= 4 is 22.2 Å². The van der Waals surface area contributed by atoms with Gasteiger partial charge in [0, 0.05) is 32.5 Å². The summed E-state index contributed by atoms with van der Waals surface area (Å²) in [5.74, 6) is 0.193. The van der Waals surface area contributed by atoms with E-state index in [-0.39, 0.29) is 31.6 Å². The van der Waals surface area contributed by atoms with E-state index in [1.54, 1.807) is 18.7 Å². The van der Waals surface area contributed by atoms with E-state index in [0.717, 1.165) is 25.7 Å². The first-order chi connectivity index (χ1) is 26.3. The van der Waals surface area contributed by atoms with Crippen LogP contribution in [-0.4, -0.2) is 69.7 Å². The first-order valence-electron chi connectivity index (χ1n) is 23.0. The van der Waals surface area contributed by atoms with E-state index in [4.69, 9.17) is 0 Å². The maximum absolute atomic E-state index is 12.7. The zero-order valence-corrected chi connectivity index (χ0v) is 36.9. The molecule has 0 aliphatic carbocycles. The molecule has 9 nitrogen and oxygen atoms in total. The predicted octanol–water partition coefficient (Wildman–Crippen LogP) is 11.8. The zero-order valence-electron chi connectivity index (χ0n) is 36.1. The summed E-state index contributed by atoms with van der Waals surface area (Å²) in [6.07, 6.45) is 40.8. The Labute approximate surface area is 335 Å². The molecular weight excluding hydrogens is 701 g/mol. The van der Waals surface area contributed by atoms with Crippen molar-refractivity contribution in [3.63, 3.8) is 0 Å². The molecule has 0 radical (unpaired) electrons. The Morgan fingerprint density at radius 3 is 1.11 bits per heavy atom. The number of nitrogens with one attached hydrogen (secondary N) is 1. The maximum Gasteiger partial charge on any atom is 0.399 e. The molecule has 0 aromatic heterocycles. The number of carbonyl (C=O) groups excluding carboxylic acids is 2. The normalized spacial score (nSPS) is 11.4. The summed E-state index contributed by atoms with van der Waals surface area (Å²) in [5, 5.41) is 12.4. The van der Waals surface area contributed by atoms with Gasteiger partial charge >= 0.3 is 10.4 Å². The molecule has 0 aromatic rings. The molecule has 324 valence electrons. The smallest absolute Gasteiger partial charge is 0.395 e. The molecule has 0 saturated heterocycles. The van der Waals surface area contributed by atoms with E-state index < -0.39 is 10.4 Å². The van der Waals surface area contributed by atoms with E-state index in [2.05, 4.69) is 27.5 Å². The van der Waals surface area contributed by atoms with Gasteiger partial charge in [-0.15, -0.1) is 0 Å². The molecule has 0 atom stereocenters. The van der Waals surface area contributed by atoms with Gasteiger partial charge in [-0.2, -0.15) is 8.42 Å². The van der Waals surface area contributed by atoms with E-state index in [1.807, 2.05) is 0 Å². The van der Waals surface area contributed by atoms with Crippen molar-refractivity contribution in [1.29, 1.82) is 0 Å². The Morgan fingerprint density at radius 1 is 0.481 bits per heavy atom. The molecule has 0 unspecified atom stereocenters. The summed E-state index contributed by atoms with van der Waals surface area (Å²) < 4.78 is 29.2. The van der Waals surface area contributed by atoms with Gasteiger partial charge in [-0.25, -0.2) is 8.37 Å². The number of rotatable bonds is 41. The molecule has 0 heterocycles. The Bertz CT molecular complexity index is 876. The number of hydrogen-bond acceptors (Lipinski definition) is 7. The number of hydrogen-bond donors (Lipinski definition) is 2. The summed E-state index contributed by atoms with van der Waals surface area (Å²) >= 11 is 0. The fourth-order valence-corrected chi connectivity index (χ4v) is 7.33. The molecule has 0 bridgehead atoms. The van der Waals surface area contributed by atoms with Crippen LogP contribution >= 0.6 is 0 Å². The summed E-state index contributed by atoms with van der Waals surface area (Å²) in [5.41, 5.74) is 0. The molecule has 0 aliphatic rings. The molecule has 0 spiro atoms. The van der Waals surface area contributed by atoms with Gasteiger partial charge in [0.05, 0.1) is 19.8 Å². The molecule has 0 saturated carbocycles. The summed E-state index contributed by atoms with van der Waals surface area (Å²) in [4.78, 5) is 26.6. The van der Waals surface area contributed by atoms with Crippen molar-refractivity contribution in [3.8, 4) is 0 Å². The number of aliphatic hydroxyl groups excluding tert-OH is 1. The number of unbranched alkanes of at least 4 members (excludes halogenated alkanes) is 28. The number of amides is 2. The maximum atomic E-state index is 12.7. The summed E-state index contributed by atoms with van der Waals surface area (Å²) in [7, 11) is -3.68. The van der Waals surface area contributed by atoms with Crippen LogP contribution < -0.4 is 5.32 Å². The highest BCUT2D eigenvalue weighted by Crippen LogP contribution is 2.15. The summed E-state index contributed by atoms with van der Waals surface area (Å²) in [6.45, 7) is 9.23. The SMILES string of the molecule is CCCCCCCCCCCCCCCCCC(=O)NCCN(CCO)C(=O)CCCCCCCCCCCCCCCCC.CCOS(=O)(=O)OCC. The Morgan fingerprint density at radius 2 is 0.796 bits per heavy atom. The fraction of sp³-hybridized carbons (Fsp3) is 0.955. The lowest BCUT2D eigenvalue weighted by molar-refractivity contribution is -0.132. The van der Waals surface area contributed by atoms with Gasteiger partial charge in [-0.3, -0.25) is 9.59 Å². The van der Waals surface area contributed by atoms with Gasteiger partial charge in [-0.05, 0) is 26.7 Å². The van der Waals surface area contributed by atoms with Gasteiger partial charge in [0.1, 0.15) is 0 Å². The zero-order chi connectivity index (χ0) is 40.2. The molecule has 2 N–H and O–H groups in total. The fourth-order valence-electron chi connectivity index (χ4n) is 6.69. The van der Waals surface area contributed by atoms with E-state index in [0.29, 0.717) is 32.5 Å². The van der Waals surface area contributed by atoms with Gasteiger partial charge in [0.15, 0.2) is 0 Å². The second-order valence-corrected chi connectivity index (χ2v) is 16.4. The van der Waals surface area contributed by atoms with Crippen LogP contribution in [0.2, 0.25) is 0 Å². The minimum Gasteiger partial charge on any atom is -0.395 e. The van der Waals surface area contributed by atoms with Gasteiger partial charge < -0.3 is 15.3 Å². The lowest BCUT2D eigenvalue weighted by atomic mass is 10.0. The molecule has 0 fully saturated rings. The Hall–Kier alpha value is -1.23.